The predicted octanol–water partition coefficient (Wildman–Crippen LogP) is 4.50. The highest BCUT2D eigenvalue weighted by Gasteiger charge is 2.37. The fourth-order valence-electron chi connectivity index (χ4n) is 2.95. The van der Waals surface area contributed by atoms with Gasteiger partial charge in [-0.3, -0.25) is 0 Å². The first-order valence-electron chi connectivity index (χ1n) is 10.3. The van der Waals surface area contributed by atoms with Crippen LogP contribution in [0.5, 0.6) is 0 Å². The van der Waals surface area contributed by atoms with Gasteiger partial charge in [0, 0.05) is 13.1 Å². The lowest BCUT2D eigenvalue weighted by Gasteiger charge is -2.33. The van der Waals surface area contributed by atoms with Crippen molar-refractivity contribution in [3.63, 3.8) is 0 Å². The number of rotatable bonds is 11. The minimum absolute atomic E-state index is 0.0878. The van der Waals surface area contributed by atoms with Gasteiger partial charge in [0.25, 0.3) is 20.0 Å². The summed E-state index contributed by atoms with van der Waals surface area (Å²) in [6.07, 6.45) is 2.59. The SMILES string of the molecule is CCCCN(N(CCCC)S(=O)(=O)c1ccc(C)cc1)S(=O)(=O)c1ccc(C)cc1. The van der Waals surface area contributed by atoms with Crippen LogP contribution < -0.4 is 0 Å². The van der Waals surface area contributed by atoms with Crippen LogP contribution in [0.3, 0.4) is 0 Å². The molecule has 0 N–H and O–H groups in total. The van der Waals surface area contributed by atoms with Crippen molar-refractivity contribution < 1.29 is 16.8 Å². The second-order valence-corrected chi connectivity index (χ2v) is 11.1. The smallest absolute Gasteiger partial charge is 0.206 e. The molecule has 0 heterocycles. The van der Waals surface area contributed by atoms with Crippen LogP contribution in [0.25, 0.3) is 0 Å². The zero-order valence-electron chi connectivity index (χ0n) is 18.2. The maximum atomic E-state index is 13.5. The molecule has 30 heavy (non-hydrogen) atoms. The lowest BCUT2D eigenvalue weighted by atomic mass is 10.2. The van der Waals surface area contributed by atoms with E-state index in [1.807, 2.05) is 27.7 Å². The van der Waals surface area contributed by atoms with E-state index in [-0.39, 0.29) is 22.9 Å². The minimum atomic E-state index is -4.04. The Kier molecular flexibility index (Phi) is 8.61. The number of nitrogens with zero attached hydrogens (tertiary/aromatic N) is 2. The van der Waals surface area contributed by atoms with E-state index in [1.165, 1.54) is 24.3 Å². The molecule has 0 saturated heterocycles. The summed E-state index contributed by atoms with van der Waals surface area (Å²) in [6, 6.07) is 13.0. The van der Waals surface area contributed by atoms with Crippen LogP contribution in [0.15, 0.2) is 58.3 Å². The molecule has 0 spiro atoms. The van der Waals surface area contributed by atoms with E-state index in [0.29, 0.717) is 12.8 Å². The van der Waals surface area contributed by atoms with Crippen LogP contribution in [-0.2, 0) is 20.0 Å². The van der Waals surface area contributed by atoms with Crippen LogP contribution in [-0.4, -0.2) is 38.8 Å². The van der Waals surface area contributed by atoms with Gasteiger partial charge in [0.1, 0.15) is 0 Å². The predicted molar refractivity (Wildman–Crippen MR) is 120 cm³/mol. The number of hydrogen-bond acceptors (Lipinski definition) is 4. The van der Waals surface area contributed by atoms with Crippen molar-refractivity contribution in [2.24, 2.45) is 0 Å². The highest BCUT2D eigenvalue weighted by Crippen LogP contribution is 2.26. The largest absolute Gasteiger partial charge is 0.256 e. The normalized spacial score (nSPS) is 12.6. The summed E-state index contributed by atoms with van der Waals surface area (Å²) in [6.45, 7) is 7.84. The quantitative estimate of drug-likeness (QED) is 0.471. The Hall–Kier alpha value is -1.74. The molecule has 166 valence electrons. The second kappa shape index (κ2) is 10.5. The Labute approximate surface area is 181 Å². The number of hydrogen-bond donors (Lipinski definition) is 0. The molecule has 0 aromatic heterocycles. The maximum Gasteiger partial charge on any atom is 0.256 e. The first-order valence-corrected chi connectivity index (χ1v) is 13.2. The molecule has 0 amide bonds. The monoisotopic (exact) mass is 452 g/mol. The molecule has 8 heteroatoms. The average molecular weight is 453 g/mol. The van der Waals surface area contributed by atoms with E-state index in [1.54, 1.807) is 24.3 Å². The van der Waals surface area contributed by atoms with Gasteiger partial charge in [-0.25, -0.2) is 16.8 Å². The third-order valence-corrected chi connectivity index (χ3v) is 8.56. The molecule has 0 aliphatic rings. The number of benzene rings is 2. The molecule has 2 aromatic rings. The van der Waals surface area contributed by atoms with Crippen LogP contribution in [0, 0.1) is 13.8 Å². The molecule has 0 fully saturated rings. The Morgan fingerprint density at radius 2 is 0.900 bits per heavy atom. The van der Waals surface area contributed by atoms with Gasteiger partial charge in [0.15, 0.2) is 0 Å². The molecule has 2 rings (SSSR count). The van der Waals surface area contributed by atoms with Crippen LogP contribution in [0.2, 0.25) is 0 Å². The lowest BCUT2D eigenvalue weighted by molar-refractivity contribution is 0.157. The fourth-order valence-corrected chi connectivity index (χ4v) is 6.31. The lowest BCUT2D eigenvalue weighted by Crippen LogP contribution is -2.50. The van der Waals surface area contributed by atoms with Crippen LogP contribution >= 0.6 is 0 Å². The van der Waals surface area contributed by atoms with Crippen LogP contribution in [0.1, 0.15) is 50.7 Å². The van der Waals surface area contributed by atoms with Gasteiger partial charge in [0.2, 0.25) is 0 Å². The molecule has 0 unspecified atom stereocenters. The van der Waals surface area contributed by atoms with Gasteiger partial charge in [0.05, 0.1) is 9.79 Å². The zero-order valence-corrected chi connectivity index (χ0v) is 19.8. The van der Waals surface area contributed by atoms with Crippen LogP contribution in [0.4, 0.5) is 0 Å². The summed E-state index contributed by atoms with van der Waals surface area (Å²) in [5.41, 5.74) is 1.87. The van der Waals surface area contributed by atoms with Crippen molar-refractivity contribution in [2.45, 2.75) is 63.2 Å². The maximum absolute atomic E-state index is 13.5. The van der Waals surface area contributed by atoms with Gasteiger partial charge < -0.3 is 0 Å². The fraction of sp³-hybridized carbons (Fsp3) is 0.455. The third-order valence-electron chi connectivity index (χ3n) is 4.85. The topological polar surface area (TPSA) is 74.8 Å². The van der Waals surface area contributed by atoms with Gasteiger partial charge in [-0.1, -0.05) is 62.1 Å². The van der Waals surface area contributed by atoms with Gasteiger partial charge in [-0.15, -0.1) is 8.83 Å². The average Bonchev–Trinajstić information content (AvgIpc) is 2.70. The number of aryl methyl sites for hydroxylation is 2. The van der Waals surface area contributed by atoms with E-state index >= 15 is 0 Å². The molecule has 0 radical (unpaired) electrons. The van der Waals surface area contributed by atoms with E-state index in [4.69, 9.17) is 0 Å². The van der Waals surface area contributed by atoms with E-state index in [2.05, 4.69) is 0 Å². The van der Waals surface area contributed by atoms with Crippen molar-refractivity contribution >= 4 is 20.0 Å². The van der Waals surface area contributed by atoms with Crippen molar-refractivity contribution in [1.29, 1.82) is 0 Å². The number of sulfonamides is 2. The molecular weight excluding hydrogens is 420 g/mol. The summed E-state index contributed by atoms with van der Waals surface area (Å²) in [5.74, 6) is 0. The molecule has 0 atom stereocenters. The second-order valence-electron chi connectivity index (χ2n) is 7.43. The Morgan fingerprint density at radius 1 is 0.600 bits per heavy atom. The Morgan fingerprint density at radius 3 is 1.17 bits per heavy atom. The summed E-state index contributed by atoms with van der Waals surface area (Å²) in [4.78, 5) is 0.176. The number of hydrazine groups is 1. The summed E-state index contributed by atoms with van der Waals surface area (Å²) < 4.78 is 56.1. The zero-order chi connectivity index (χ0) is 22.4. The summed E-state index contributed by atoms with van der Waals surface area (Å²) >= 11 is 0. The standard InChI is InChI=1S/C22H32N2O4S2/c1-5-7-17-23(29(25,26)21-13-9-19(3)10-14-21)24(18-8-6-2)30(27,28)22-15-11-20(4)12-16-22/h9-16H,5-8,17-18H2,1-4H3. The molecule has 2 aromatic carbocycles. The van der Waals surface area contributed by atoms with Gasteiger partial charge in [-0.2, -0.15) is 0 Å². The van der Waals surface area contributed by atoms with Gasteiger partial charge in [-0.05, 0) is 51.0 Å². The first kappa shape index (κ1) is 24.5. The van der Waals surface area contributed by atoms with Crippen molar-refractivity contribution in [3.8, 4) is 0 Å². The van der Waals surface area contributed by atoms with E-state index in [9.17, 15) is 16.8 Å². The molecule has 0 bridgehead atoms. The minimum Gasteiger partial charge on any atom is -0.206 e. The van der Waals surface area contributed by atoms with E-state index < -0.39 is 20.0 Å². The number of unbranched alkanes of at least 4 members (excludes halogenated alkanes) is 2. The molecule has 0 aliphatic heterocycles. The van der Waals surface area contributed by atoms with Crippen molar-refractivity contribution in [2.75, 3.05) is 13.1 Å². The molecule has 0 saturated carbocycles. The molecule has 6 nitrogen and oxygen atoms in total. The summed E-state index contributed by atoms with van der Waals surface area (Å²) in [5, 5.41) is 0. The molecular formula is C22H32N2O4S2. The van der Waals surface area contributed by atoms with Gasteiger partial charge >= 0.3 is 0 Å². The highest BCUT2D eigenvalue weighted by atomic mass is 32.2. The van der Waals surface area contributed by atoms with Crippen molar-refractivity contribution in [1.82, 2.24) is 8.83 Å². The Balaban J connectivity index is 2.59. The third kappa shape index (κ3) is 5.69. The van der Waals surface area contributed by atoms with Crippen molar-refractivity contribution in [3.05, 3.63) is 59.7 Å². The molecule has 0 aliphatic carbocycles. The highest BCUT2D eigenvalue weighted by molar-refractivity contribution is 7.92. The first-order chi connectivity index (χ1) is 14.1. The summed E-state index contributed by atoms with van der Waals surface area (Å²) in [7, 11) is -8.08. The van der Waals surface area contributed by atoms with E-state index in [0.717, 1.165) is 32.8 Å². The Bertz CT molecular complexity index is 930.